The van der Waals surface area contributed by atoms with Crippen molar-refractivity contribution in [3.05, 3.63) is 65.7 Å². The van der Waals surface area contributed by atoms with Gasteiger partial charge in [-0.15, -0.1) is 0 Å². The van der Waals surface area contributed by atoms with Crippen LogP contribution in [0.15, 0.2) is 59.6 Å². The van der Waals surface area contributed by atoms with Crippen molar-refractivity contribution in [1.82, 2.24) is 10.2 Å². The van der Waals surface area contributed by atoms with E-state index in [-0.39, 0.29) is 0 Å². The summed E-state index contributed by atoms with van der Waals surface area (Å²) < 4.78 is 11.4. The van der Waals surface area contributed by atoms with Crippen LogP contribution in [0.2, 0.25) is 0 Å². The highest BCUT2D eigenvalue weighted by atomic mass is 16.5. The maximum absolute atomic E-state index is 5.86. The molecule has 0 bridgehead atoms. The maximum atomic E-state index is 5.86. The predicted octanol–water partition coefficient (Wildman–Crippen LogP) is 3.74. The van der Waals surface area contributed by atoms with Gasteiger partial charge in [-0.25, -0.2) is 0 Å². The Morgan fingerprint density at radius 1 is 1.14 bits per heavy atom. The average molecular weight is 396 g/mol. The molecule has 1 aliphatic heterocycles. The molecule has 29 heavy (non-hydrogen) atoms. The molecule has 156 valence electrons. The molecule has 2 aromatic rings. The monoisotopic (exact) mass is 395 g/mol. The molecule has 5 heteroatoms. The molecule has 0 radical (unpaired) electrons. The molecule has 2 aromatic carbocycles. The quantitative estimate of drug-likeness (QED) is 0.519. The largest absolute Gasteiger partial charge is 0.489 e. The Hall–Kier alpha value is -2.53. The van der Waals surface area contributed by atoms with Gasteiger partial charge in [-0.3, -0.25) is 4.99 Å². The van der Waals surface area contributed by atoms with Gasteiger partial charge < -0.3 is 19.7 Å². The minimum atomic E-state index is 0.592. The number of aliphatic imine (C=N–C) groups is 1. The molecular formula is C24H33N3O2. The van der Waals surface area contributed by atoms with Gasteiger partial charge in [0.2, 0.25) is 0 Å². The van der Waals surface area contributed by atoms with Crippen LogP contribution in [-0.2, 0) is 17.8 Å². The smallest absolute Gasteiger partial charge is 0.193 e. The van der Waals surface area contributed by atoms with Crippen LogP contribution in [-0.4, -0.2) is 50.8 Å². The zero-order valence-electron chi connectivity index (χ0n) is 17.6. The normalized spacial score (nSPS) is 16.6. The summed E-state index contributed by atoms with van der Waals surface area (Å²) in [5.74, 6) is 2.47. The highest BCUT2D eigenvalue weighted by Gasteiger charge is 2.18. The number of nitrogens with one attached hydrogen (secondary N) is 1. The fourth-order valence-corrected chi connectivity index (χ4v) is 3.45. The Labute approximate surface area is 174 Å². The second kappa shape index (κ2) is 11.5. The predicted molar refractivity (Wildman–Crippen MR) is 118 cm³/mol. The molecule has 1 aliphatic rings. The molecule has 5 nitrogen and oxygen atoms in total. The molecule has 0 aromatic heterocycles. The first kappa shape index (κ1) is 21.2. The Bertz CT molecular complexity index is 740. The lowest BCUT2D eigenvalue weighted by atomic mass is 10.1. The van der Waals surface area contributed by atoms with Gasteiger partial charge in [0, 0.05) is 39.2 Å². The summed E-state index contributed by atoms with van der Waals surface area (Å²) in [6.45, 7) is 7.07. The van der Waals surface area contributed by atoms with E-state index in [0.717, 1.165) is 57.4 Å². The Balaban J connectivity index is 1.46. The third kappa shape index (κ3) is 7.09. The van der Waals surface area contributed by atoms with Crippen molar-refractivity contribution in [1.29, 1.82) is 0 Å². The number of hydrogen-bond donors (Lipinski definition) is 1. The second-order valence-corrected chi connectivity index (χ2v) is 7.51. The van der Waals surface area contributed by atoms with Crippen LogP contribution >= 0.6 is 0 Å². The van der Waals surface area contributed by atoms with Crippen LogP contribution in [0.4, 0.5) is 0 Å². The number of nitrogens with zero attached hydrogens (tertiary/aromatic N) is 2. The number of guanidine groups is 1. The topological polar surface area (TPSA) is 46.1 Å². The summed E-state index contributed by atoms with van der Waals surface area (Å²) in [4.78, 5) is 7.03. The third-order valence-electron chi connectivity index (χ3n) is 5.09. The van der Waals surface area contributed by atoms with Crippen molar-refractivity contribution < 1.29 is 9.47 Å². The molecule has 1 fully saturated rings. The Morgan fingerprint density at radius 3 is 2.62 bits per heavy atom. The van der Waals surface area contributed by atoms with E-state index in [0.29, 0.717) is 12.5 Å². The minimum Gasteiger partial charge on any atom is -0.489 e. The molecule has 1 saturated heterocycles. The molecule has 0 saturated carbocycles. The van der Waals surface area contributed by atoms with E-state index in [2.05, 4.69) is 48.5 Å². The average Bonchev–Trinajstić information content (AvgIpc) is 3.26. The van der Waals surface area contributed by atoms with Crippen molar-refractivity contribution in [2.24, 2.45) is 10.9 Å². The van der Waals surface area contributed by atoms with Crippen LogP contribution in [0.25, 0.3) is 0 Å². The van der Waals surface area contributed by atoms with E-state index < -0.39 is 0 Å². The van der Waals surface area contributed by atoms with Gasteiger partial charge in [0.1, 0.15) is 12.4 Å². The number of hydrogen-bond acceptors (Lipinski definition) is 3. The first-order chi connectivity index (χ1) is 14.2. The summed E-state index contributed by atoms with van der Waals surface area (Å²) >= 11 is 0. The van der Waals surface area contributed by atoms with Crippen LogP contribution < -0.4 is 10.1 Å². The van der Waals surface area contributed by atoms with Crippen molar-refractivity contribution in [3.8, 4) is 5.75 Å². The van der Waals surface area contributed by atoms with Gasteiger partial charge >= 0.3 is 0 Å². The summed E-state index contributed by atoms with van der Waals surface area (Å²) in [5, 5.41) is 3.40. The first-order valence-electron chi connectivity index (χ1n) is 10.6. The number of ether oxygens (including phenoxy) is 2. The SMILES string of the molecule is CCNC(=NCCc1ccc(OCc2ccccc2)cc1)N(C)CC1CCOC1. The van der Waals surface area contributed by atoms with Crippen molar-refractivity contribution >= 4 is 5.96 Å². The fraction of sp³-hybridized carbons (Fsp3) is 0.458. The molecule has 0 amide bonds. The lowest BCUT2D eigenvalue weighted by Crippen LogP contribution is -2.41. The van der Waals surface area contributed by atoms with Crippen molar-refractivity contribution in [2.75, 3.05) is 39.9 Å². The molecule has 3 rings (SSSR count). The van der Waals surface area contributed by atoms with Gasteiger partial charge in [0.15, 0.2) is 5.96 Å². The Kier molecular flexibility index (Phi) is 8.38. The standard InChI is InChI=1S/C24H33N3O2/c1-3-25-24(27(2)17-22-14-16-28-18-22)26-15-13-20-9-11-23(12-10-20)29-19-21-7-5-4-6-8-21/h4-12,22H,3,13-19H2,1-2H3,(H,25,26). The van der Waals surface area contributed by atoms with E-state index in [1.54, 1.807) is 0 Å². The molecule has 1 unspecified atom stereocenters. The summed E-state index contributed by atoms with van der Waals surface area (Å²) in [7, 11) is 2.11. The van der Waals surface area contributed by atoms with E-state index in [1.165, 1.54) is 11.1 Å². The highest BCUT2D eigenvalue weighted by Crippen LogP contribution is 2.15. The van der Waals surface area contributed by atoms with Crippen LogP contribution in [0.5, 0.6) is 5.75 Å². The molecular weight excluding hydrogens is 362 g/mol. The molecule has 1 heterocycles. The van der Waals surface area contributed by atoms with Gasteiger partial charge in [-0.05, 0) is 43.0 Å². The van der Waals surface area contributed by atoms with E-state index in [1.807, 2.05) is 30.3 Å². The first-order valence-corrected chi connectivity index (χ1v) is 10.6. The highest BCUT2D eigenvalue weighted by molar-refractivity contribution is 5.79. The third-order valence-corrected chi connectivity index (χ3v) is 5.09. The fourth-order valence-electron chi connectivity index (χ4n) is 3.45. The second-order valence-electron chi connectivity index (χ2n) is 7.51. The van der Waals surface area contributed by atoms with Crippen LogP contribution in [0.1, 0.15) is 24.5 Å². The van der Waals surface area contributed by atoms with Crippen LogP contribution in [0, 0.1) is 5.92 Å². The summed E-state index contributed by atoms with van der Waals surface area (Å²) in [6.07, 6.45) is 2.05. The van der Waals surface area contributed by atoms with E-state index >= 15 is 0 Å². The molecule has 0 spiro atoms. The van der Waals surface area contributed by atoms with E-state index in [4.69, 9.17) is 14.5 Å². The van der Waals surface area contributed by atoms with Crippen molar-refractivity contribution in [2.45, 2.75) is 26.4 Å². The van der Waals surface area contributed by atoms with Crippen molar-refractivity contribution in [3.63, 3.8) is 0 Å². The van der Waals surface area contributed by atoms with E-state index in [9.17, 15) is 0 Å². The maximum Gasteiger partial charge on any atom is 0.193 e. The number of benzene rings is 2. The summed E-state index contributed by atoms with van der Waals surface area (Å²) in [6, 6.07) is 18.6. The minimum absolute atomic E-state index is 0.592. The van der Waals surface area contributed by atoms with Gasteiger partial charge in [-0.1, -0.05) is 42.5 Å². The lowest BCUT2D eigenvalue weighted by Gasteiger charge is -2.24. The van der Waals surface area contributed by atoms with Crippen LogP contribution in [0.3, 0.4) is 0 Å². The Morgan fingerprint density at radius 2 is 1.93 bits per heavy atom. The number of rotatable bonds is 9. The zero-order valence-corrected chi connectivity index (χ0v) is 17.6. The molecule has 0 aliphatic carbocycles. The van der Waals surface area contributed by atoms with Gasteiger partial charge in [0.05, 0.1) is 6.61 Å². The molecule has 1 N–H and O–H groups in total. The molecule has 1 atom stereocenters. The lowest BCUT2D eigenvalue weighted by molar-refractivity contribution is 0.181. The summed E-state index contributed by atoms with van der Waals surface area (Å²) in [5.41, 5.74) is 2.44. The zero-order chi connectivity index (χ0) is 20.3. The van der Waals surface area contributed by atoms with Gasteiger partial charge in [0.25, 0.3) is 0 Å². The van der Waals surface area contributed by atoms with Gasteiger partial charge in [-0.2, -0.15) is 0 Å².